The van der Waals surface area contributed by atoms with Crippen LogP contribution in [0.3, 0.4) is 0 Å². The van der Waals surface area contributed by atoms with Crippen molar-refractivity contribution in [3.8, 4) is 0 Å². The van der Waals surface area contributed by atoms with Gasteiger partial charge in [-0.25, -0.2) is 0 Å². The van der Waals surface area contributed by atoms with Crippen LogP contribution in [0.5, 0.6) is 0 Å². The zero-order valence-corrected chi connectivity index (χ0v) is 40.2. The van der Waals surface area contributed by atoms with Gasteiger partial charge < -0.3 is 99.8 Å². The molecule has 3 fully saturated rings. The molecule has 0 spiro atoms. The summed E-state index contributed by atoms with van der Waals surface area (Å²) in [4.78, 5) is 35.2. The van der Waals surface area contributed by atoms with Gasteiger partial charge in [0.15, 0.2) is 12.6 Å². The third-order valence-electron chi connectivity index (χ3n) is 12.2. The van der Waals surface area contributed by atoms with Gasteiger partial charge in [-0.2, -0.15) is 0 Å². The molecule has 0 radical (unpaired) electrons. The van der Waals surface area contributed by atoms with E-state index in [1.807, 2.05) is 6.92 Å². The number of hydrogen-bond acceptors (Lipinski definition) is 20. The van der Waals surface area contributed by atoms with Crippen molar-refractivity contribution in [2.45, 2.75) is 190 Å². The second-order valence-electron chi connectivity index (χ2n) is 18.5. The average Bonchev–Trinajstić information content (AvgIpc) is 3.29. The molecule has 0 aromatic heterocycles. The minimum absolute atomic E-state index is 0.236. The van der Waals surface area contributed by atoms with E-state index in [0.717, 1.165) is 38.5 Å². The summed E-state index contributed by atoms with van der Waals surface area (Å²) in [5.74, 6) is -1.22. The van der Waals surface area contributed by atoms with Gasteiger partial charge in [-0.1, -0.05) is 26.2 Å². The van der Waals surface area contributed by atoms with Crippen LogP contribution in [0.15, 0.2) is 0 Å². The Labute approximate surface area is 399 Å². The molecule has 3 aliphatic heterocycles. The lowest BCUT2D eigenvalue weighted by atomic mass is 9.90. The van der Waals surface area contributed by atoms with E-state index in [1.54, 1.807) is 0 Å². The Balaban J connectivity index is 1.42. The van der Waals surface area contributed by atoms with Gasteiger partial charge in [-0.05, 0) is 51.4 Å². The normalized spacial score (nSPS) is 32.9. The molecule has 3 amide bonds. The molecule has 68 heavy (non-hydrogen) atoms. The summed E-state index contributed by atoms with van der Waals surface area (Å²) in [6, 6.07) is -2.81. The van der Waals surface area contributed by atoms with Crippen molar-refractivity contribution in [2.24, 2.45) is 5.41 Å². The monoisotopic (exact) mass is 986 g/mol. The molecular formula is C45H83N3O20. The van der Waals surface area contributed by atoms with E-state index in [1.165, 1.54) is 20.8 Å². The second kappa shape index (κ2) is 31.9. The van der Waals surface area contributed by atoms with Crippen LogP contribution in [0.2, 0.25) is 0 Å². The fraction of sp³-hybridized carbons (Fsp3) is 0.933. The lowest BCUT2D eigenvalue weighted by molar-refractivity contribution is -0.270. The first-order chi connectivity index (χ1) is 32.5. The van der Waals surface area contributed by atoms with Crippen molar-refractivity contribution in [3.63, 3.8) is 0 Å². The first kappa shape index (κ1) is 60.0. The van der Waals surface area contributed by atoms with Crippen LogP contribution in [0.25, 0.3) is 0 Å². The first-order valence-corrected chi connectivity index (χ1v) is 24.1. The lowest BCUT2D eigenvalue weighted by Gasteiger charge is -2.42. The molecule has 3 rings (SSSR count). The van der Waals surface area contributed by atoms with E-state index in [-0.39, 0.29) is 19.1 Å². The summed E-state index contributed by atoms with van der Waals surface area (Å²) in [5, 5.41) is 98.8. The van der Waals surface area contributed by atoms with Crippen molar-refractivity contribution in [1.82, 2.24) is 16.0 Å². The molecular weight excluding hydrogens is 902 g/mol. The zero-order chi connectivity index (χ0) is 50.2. The van der Waals surface area contributed by atoms with Crippen LogP contribution in [-0.4, -0.2) is 228 Å². The average molecular weight is 986 g/mol. The van der Waals surface area contributed by atoms with Gasteiger partial charge in [0.1, 0.15) is 67.0 Å². The maximum absolute atomic E-state index is 11.8. The summed E-state index contributed by atoms with van der Waals surface area (Å²) in [6.45, 7) is 7.32. The van der Waals surface area contributed by atoms with E-state index < -0.39 is 129 Å². The number of aliphatic hydroxyl groups is 9. The summed E-state index contributed by atoms with van der Waals surface area (Å²) < 4.78 is 47.1. The Hall–Kier alpha value is -2.27. The maximum Gasteiger partial charge on any atom is 0.217 e. The van der Waals surface area contributed by atoms with Crippen molar-refractivity contribution in [3.05, 3.63) is 0 Å². The molecule has 3 aliphatic rings. The van der Waals surface area contributed by atoms with Gasteiger partial charge in [0, 0.05) is 59.2 Å². The van der Waals surface area contributed by atoms with Crippen LogP contribution < -0.4 is 16.0 Å². The second-order valence-corrected chi connectivity index (χ2v) is 18.5. The van der Waals surface area contributed by atoms with Crippen LogP contribution >= 0.6 is 0 Å². The Kier molecular flexibility index (Phi) is 28.2. The minimum Gasteiger partial charge on any atom is -0.394 e. The van der Waals surface area contributed by atoms with Crippen molar-refractivity contribution in [2.75, 3.05) is 72.7 Å². The van der Waals surface area contributed by atoms with Crippen molar-refractivity contribution >= 4 is 17.7 Å². The Morgan fingerprint density at radius 1 is 0.441 bits per heavy atom. The van der Waals surface area contributed by atoms with Gasteiger partial charge in [0.05, 0.1) is 51.8 Å². The molecule has 0 aromatic rings. The number of unbranched alkanes of at least 4 members (excludes halogenated alkanes) is 7. The van der Waals surface area contributed by atoms with Crippen LogP contribution in [0, 0.1) is 5.41 Å². The molecule has 0 aliphatic carbocycles. The molecule has 6 unspecified atom stereocenters. The molecule has 12 N–H and O–H groups in total. The smallest absolute Gasteiger partial charge is 0.217 e. The van der Waals surface area contributed by atoms with E-state index in [9.17, 15) is 60.3 Å². The van der Waals surface area contributed by atoms with Gasteiger partial charge in [-0.3, -0.25) is 14.4 Å². The molecule has 15 atom stereocenters. The molecule has 23 heteroatoms. The standard InChI is InChI=1S/C45H83N3O20/c1-27(52)46-34-30(66-31(21-49)37(55)40(34)58)15-9-5-6-10-16-61-24-45(4,25-62-17-11-7-13-19-64-43-35(47-28(2)53)41(59)38(56)32(22-50)67-43)26-63-18-12-8-14-20-65-44-36(48-29(3)54)42(60)39(57)33(23-51)68-44/h30-44,49-51,55-60H,5-26H2,1-4H3,(H,46,52)(H,47,53)(H,48,54)/t30-,31?,32?,33?,34+,35-,36-,37-,38-,39-,40?,41?,42?,43+,44+,45?/m0/s1. The fourth-order valence-electron chi connectivity index (χ4n) is 8.43. The first-order valence-electron chi connectivity index (χ1n) is 24.1. The van der Waals surface area contributed by atoms with Gasteiger partial charge >= 0.3 is 0 Å². The van der Waals surface area contributed by atoms with Gasteiger partial charge in [-0.15, -0.1) is 0 Å². The topological polar surface area (TPSA) is 343 Å². The van der Waals surface area contributed by atoms with Gasteiger partial charge in [0.25, 0.3) is 0 Å². The van der Waals surface area contributed by atoms with Crippen molar-refractivity contribution < 1.29 is 98.2 Å². The molecule has 0 saturated carbocycles. The molecule has 0 bridgehead atoms. The van der Waals surface area contributed by atoms with E-state index in [0.29, 0.717) is 71.7 Å². The summed E-state index contributed by atoms with van der Waals surface area (Å²) >= 11 is 0. The fourth-order valence-corrected chi connectivity index (χ4v) is 8.43. The molecule has 3 heterocycles. The number of carbonyl (C=O) groups excluding carboxylic acids is 3. The van der Waals surface area contributed by atoms with Gasteiger partial charge in [0.2, 0.25) is 17.7 Å². The van der Waals surface area contributed by atoms with Crippen LogP contribution in [0.4, 0.5) is 0 Å². The number of carbonyl (C=O) groups is 3. The quantitative estimate of drug-likeness (QED) is 0.0296. The predicted octanol–water partition coefficient (Wildman–Crippen LogP) is -2.76. The summed E-state index contributed by atoms with van der Waals surface area (Å²) in [7, 11) is 0. The molecule has 3 saturated heterocycles. The molecule has 398 valence electrons. The van der Waals surface area contributed by atoms with E-state index in [4.69, 9.17) is 37.9 Å². The molecule has 23 nitrogen and oxygen atoms in total. The number of rotatable bonds is 33. The lowest BCUT2D eigenvalue weighted by Crippen LogP contribution is -2.64. The Morgan fingerprint density at radius 2 is 0.765 bits per heavy atom. The Bertz CT molecular complexity index is 1260. The highest BCUT2D eigenvalue weighted by atomic mass is 16.7. The summed E-state index contributed by atoms with van der Waals surface area (Å²) in [5.41, 5.74) is -0.491. The highest BCUT2D eigenvalue weighted by Crippen LogP contribution is 2.27. The number of aliphatic hydroxyl groups excluding tert-OH is 9. The summed E-state index contributed by atoms with van der Waals surface area (Å²) in [6.07, 6.45) is -6.09. The third-order valence-corrected chi connectivity index (χ3v) is 12.2. The third kappa shape index (κ3) is 20.1. The highest BCUT2D eigenvalue weighted by Gasteiger charge is 2.47. The number of hydrogen-bond donors (Lipinski definition) is 12. The van der Waals surface area contributed by atoms with E-state index in [2.05, 4.69) is 16.0 Å². The van der Waals surface area contributed by atoms with Crippen molar-refractivity contribution in [1.29, 1.82) is 0 Å². The predicted molar refractivity (Wildman–Crippen MR) is 239 cm³/mol. The highest BCUT2D eigenvalue weighted by molar-refractivity contribution is 5.74. The SMILES string of the molecule is CC(=O)N[C@H]1C(O)[C@@H](O)C(CO)O[C@H]1OCCCCCOCC(C)(COCCCCCC[C@@H]1OC(CO)[C@H](O)C(O)[C@@H]1NC(C)=O)COCCCCCO[C@@H]1OC(CO)[C@H](O)C(O)[C@@H]1NC(C)=O. The molecule has 0 aromatic carbocycles. The maximum atomic E-state index is 11.8. The zero-order valence-electron chi connectivity index (χ0n) is 40.2. The Morgan fingerprint density at radius 3 is 1.15 bits per heavy atom. The van der Waals surface area contributed by atoms with Crippen LogP contribution in [-0.2, 0) is 52.3 Å². The number of nitrogens with one attached hydrogen (secondary N) is 3. The van der Waals surface area contributed by atoms with Crippen LogP contribution in [0.1, 0.15) is 98.3 Å². The largest absolute Gasteiger partial charge is 0.394 e. The minimum atomic E-state index is -1.39. The van der Waals surface area contributed by atoms with E-state index >= 15 is 0 Å². The number of ether oxygens (including phenoxy) is 8. The number of amides is 3.